The van der Waals surface area contributed by atoms with Crippen molar-refractivity contribution < 1.29 is 15.0 Å². The van der Waals surface area contributed by atoms with E-state index in [0.717, 1.165) is 80.4 Å². The molecule has 4 heteroatoms. The van der Waals surface area contributed by atoms with E-state index in [1.165, 1.54) is 0 Å². The lowest BCUT2D eigenvalue weighted by molar-refractivity contribution is -0.127. The largest absolute Gasteiger partial charge is 0.388 e. The lowest BCUT2D eigenvalue weighted by atomic mass is 9.72. The number of aliphatic hydroxyl groups excluding tert-OH is 1. The predicted octanol–water partition coefficient (Wildman–Crippen LogP) is 7.82. The highest BCUT2D eigenvalue weighted by atomic mass is 16.3. The van der Waals surface area contributed by atoms with Gasteiger partial charge in [0.25, 0.3) is 0 Å². The Morgan fingerprint density at radius 1 is 0.833 bits per heavy atom. The number of carbonyl (C=O) groups is 1. The zero-order chi connectivity index (χ0) is 30.2. The van der Waals surface area contributed by atoms with E-state index in [1.807, 2.05) is 106 Å². The number of hydrogen-bond acceptors (Lipinski definition) is 4. The molecule has 4 nitrogen and oxygen atoms in total. The SMILES string of the molecule is CCCCC(C)C(=O)C(C)(C)c1ccc(C(O)CCCN2CCC(C(O)(c3ccccc3)c3ccccc3)CC2)cc1. The van der Waals surface area contributed by atoms with Gasteiger partial charge in [0.15, 0.2) is 0 Å². The first-order chi connectivity index (χ1) is 20.2. The Hall–Kier alpha value is -2.79. The molecular formula is C38H51NO3. The van der Waals surface area contributed by atoms with Crippen molar-refractivity contribution in [2.24, 2.45) is 11.8 Å². The highest BCUT2D eigenvalue weighted by molar-refractivity contribution is 5.91. The monoisotopic (exact) mass is 569 g/mol. The van der Waals surface area contributed by atoms with E-state index in [4.69, 9.17) is 0 Å². The van der Waals surface area contributed by atoms with Crippen LogP contribution in [0.25, 0.3) is 0 Å². The molecule has 4 rings (SSSR count). The Labute approximate surface area is 253 Å². The van der Waals surface area contributed by atoms with Crippen LogP contribution in [-0.2, 0) is 15.8 Å². The van der Waals surface area contributed by atoms with Gasteiger partial charge in [0.1, 0.15) is 11.4 Å². The summed E-state index contributed by atoms with van der Waals surface area (Å²) in [7, 11) is 0. The van der Waals surface area contributed by atoms with E-state index < -0.39 is 17.1 Å². The first kappa shape index (κ1) is 32.1. The highest BCUT2D eigenvalue weighted by Gasteiger charge is 2.41. The molecule has 2 unspecified atom stereocenters. The van der Waals surface area contributed by atoms with E-state index in [9.17, 15) is 15.0 Å². The Morgan fingerprint density at radius 3 is 1.90 bits per heavy atom. The molecule has 0 aliphatic carbocycles. The lowest BCUT2D eigenvalue weighted by Crippen LogP contribution is -2.44. The molecule has 2 atom stereocenters. The second-order valence-corrected chi connectivity index (χ2v) is 12.9. The van der Waals surface area contributed by atoms with E-state index >= 15 is 0 Å². The number of unbranched alkanes of at least 4 members (excludes halogenated alkanes) is 1. The lowest BCUT2D eigenvalue weighted by Gasteiger charge is -2.42. The molecule has 1 aliphatic rings. The molecule has 0 aromatic heterocycles. The number of carbonyl (C=O) groups excluding carboxylic acids is 1. The smallest absolute Gasteiger partial charge is 0.145 e. The first-order valence-corrected chi connectivity index (χ1v) is 16.1. The predicted molar refractivity (Wildman–Crippen MR) is 172 cm³/mol. The molecular weight excluding hydrogens is 518 g/mol. The fourth-order valence-corrected chi connectivity index (χ4v) is 6.79. The topological polar surface area (TPSA) is 60.8 Å². The Kier molecular flexibility index (Phi) is 11.2. The van der Waals surface area contributed by atoms with Gasteiger partial charge >= 0.3 is 0 Å². The Balaban J connectivity index is 1.28. The van der Waals surface area contributed by atoms with Crippen molar-refractivity contribution in [1.82, 2.24) is 4.90 Å². The average molecular weight is 570 g/mol. The Bertz CT molecular complexity index is 1190. The summed E-state index contributed by atoms with van der Waals surface area (Å²) in [5, 5.41) is 23.1. The van der Waals surface area contributed by atoms with Crippen LogP contribution in [0.1, 0.15) is 101 Å². The molecule has 1 aliphatic heterocycles. The van der Waals surface area contributed by atoms with E-state index in [1.54, 1.807) is 0 Å². The van der Waals surface area contributed by atoms with Gasteiger partial charge in [-0.25, -0.2) is 0 Å². The molecule has 1 fully saturated rings. The minimum Gasteiger partial charge on any atom is -0.388 e. The fourth-order valence-electron chi connectivity index (χ4n) is 6.79. The normalized spacial score (nSPS) is 16.7. The number of ketones is 1. The molecule has 0 spiro atoms. The molecule has 226 valence electrons. The molecule has 3 aromatic carbocycles. The summed E-state index contributed by atoms with van der Waals surface area (Å²) in [5.41, 5.74) is 2.32. The summed E-state index contributed by atoms with van der Waals surface area (Å²) in [4.78, 5) is 15.6. The second kappa shape index (κ2) is 14.6. The summed E-state index contributed by atoms with van der Waals surface area (Å²) in [6, 6.07) is 28.2. The van der Waals surface area contributed by atoms with Crippen LogP contribution < -0.4 is 0 Å². The van der Waals surface area contributed by atoms with Gasteiger partial charge in [0, 0.05) is 11.3 Å². The number of nitrogens with zero attached hydrogens (tertiary/aromatic N) is 1. The van der Waals surface area contributed by atoms with Gasteiger partial charge in [-0.2, -0.15) is 0 Å². The molecule has 1 heterocycles. The standard InChI is InChI=1S/C38H51NO3/c1-5-6-14-29(2)36(41)37(3,4)31-22-20-30(21-23-31)35(40)19-13-26-39-27-24-34(25-28-39)38(42,32-15-9-7-10-16-32)33-17-11-8-12-18-33/h7-12,15-18,20-23,29,34-35,40,42H,5-6,13-14,19,24-28H2,1-4H3. The molecule has 3 aromatic rings. The minimum absolute atomic E-state index is 0.0563. The molecule has 42 heavy (non-hydrogen) atoms. The summed E-state index contributed by atoms with van der Waals surface area (Å²) in [5.74, 6) is 0.494. The number of likely N-dealkylation sites (tertiary alicyclic amines) is 1. The van der Waals surface area contributed by atoms with Gasteiger partial charge in [-0.1, -0.05) is 112 Å². The van der Waals surface area contributed by atoms with Gasteiger partial charge < -0.3 is 15.1 Å². The van der Waals surface area contributed by atoms with Crippen molar-refractivity contribution in [1.29, 1.82) is 0 Å². The summed E-state index contributed by atoms with van der Waals surface area (Å²) < 4.78 is 0. The third kappa shape index (κ3) is 7.40. The van der Waals surface area contributed by atoms with Crippen LogP contribution in [0.3, 0.4) is 0 Å². The third-order valence-corrected chi connectivity index (χ3v) is 9.63. The van der Waals surface area contributed by atoms with Crippen molar-refractivity contribution >= 4 is 5.78 Å². The van der Waals surface area contributed by atoms with Crippen LogP contribution in [-0.4, -0.2) is 40.5 Å². The zero-order valence-electron chi connectivity index (χ0n) is 26.1. The molecule has 1 saturated heterocycles. The number of rotatable bonds is 14. The summed E-state index contributed by atoms with van der Waals surface area (Å²) in [6.07, 6.45) is 6.08. The molecule has 0 radical (unpaired) electrons. The van der Waals surface area contributed by atoms with Crippen molar-refractivity contribution in [2.75, 3.05) is 19.6 Å². The van der Waals surface area contributed by atoms with Crippen molar-refractivity contribution in [3.63, 3.8) is 0 Å². The average Bonchev–Trinajstić information content (AvgIpc) is 3.04. The molecule has 0 amide bonds. The quantitative estimate of drug-likeness (QED) is 0.208. The van der Waals surface area contributed by atoms with Gasteiger partial charge in [0.2, 0.25) is 0 Å². The maximum Gasteiger partial charge on any atom is 0.145 e. The van der Waals surface area contributed by atoms with Crippen LogP contribution >= 0.6 is 0 Å². The maximum atomic E-state index is 13.1. The fraction of sp³-hybridized carbons (Fsp3) is 0.500. The van der Waals surface area contributed by atoms with E-state index in [0.29, 0.717) is 12.2 Å². The number of hydrogen-bond donors (Lipinski definition) is 2. The highest BCUT2D eigenvalue weighted by Crippen LogP contribution is 2.42. The maximum absolute atomic E-state index is 13.1. The van der Waals surface area contributed by atoms with Crippen LogP contribution in [0.4, 0.5) is 0 Å². The first-order valence-electron chi connectivity index (χ1n) is 16.1. The van der Waals surface area contributed by atoms with E-state index in [-0.39, 0.29) is 11.8 Å². The summed E-state index contributed by atoms with van der Waals surface area (Å²) >= 11 is 0. The van der Waals surface area contributed by atoms with Gasteiger partial charge in [-0.05, 0) is 93.8 Å². The van der Waals surface area contributed by atoms with Crippen LogP contribution in [0.5, 0.6) is 0 Å². The van der Waals surface area contributed by atoms with Gasteiger partial charge in [0.05, 0.1) is 6.10 Å². The molecule has 0 bridgehead atoms. The number of benzene rings is 3. The number of Topliss-reactive ketones (excluding diaryl/α,β-unsaturated/α-hetero) is 1. The number of aliphatic hydroxyl groups is 2. The van der Waals surface area contributed by atoms with Gasteiger partial charge in [-0.15, -0.1) is 0 Å². The molecule has 2 N–H and O–H groups in total. The van der Waals surface area contributed by atoms with Crippen LogP contribution in [0.2, 0.25) is 0 Å². The van der Waals surface area contributed by atoms with Crippen LogP contribution in [0.15, 0.2) is 84.9 Å². The van der Waals surface area contributed by atoms with E-state index in [2.05, 4.69) is 11.8 Å². The van der Waals surface area contributed by atoms with Gasteiger partial charge in [-0.3, -0.25) is 4.79 Å². The van der Waals surface area contributed by atoms with Crippen LogP contribution in [0, 0.1) is 11.8 Å². The zero-order valence-corrected chi connectivity index (χ0v) is 26.1. The number of piperidine rings is 1. The molecule has 0 saturated carbocycles. The minimum atomic E-state index is -0.996. The summed E-state index contributed by atoms with van der Waals surface area (Å²) in [6.45, 7) is 11.1. The van der Waals surface area contributed by atoms with Crippen molar-refractivity contribution in [3.05, 3.63) is 107 Å². The Morgan fingerprint density at radius 2 is 1.38 bits per heavy atom. The van der Waals surface area contributed by atoms with Crippen molar-refractivity contribution in [3.8, 4) is 0 Å². The second-order valence-electron chi connectivity index (χ2n) is 12.9. The third-order valence-electron chi connectivity index (χ3n) is 9.63. The van der Waals surface area contributed by atoms with Crippen molar-refractivity contribution in [2.45, 2.75) is 89.8 Å².